The standard InChI is InChI=1S/C7H5ClO2.C2H6/c8-6-3-5(4-9)1-2-7(6)10;1-2/h1-4,10H;1-2H3. The Morgan fingerprint density at radius 1 is 1.42 bits per heavy atom. The van der Waals surface area contributed by atoms with E-state index in [1.54, 1.807) is 0 Å². The highest BCUT2D eigenvalue weighted by Gasteiger charge is 1.97. The molecule has 0 aliphatic rings. The summed E-state index contributed by atoms with van der Waals surface area (Å²) in [4.78, 5) is 10.1. The van der Waals surface area contributed by atoms with Crippen LogP contribution < -0.4 is 0 Å². The van der Waals surface area contributed by atoms with Gasteiger partial charge in [-0.15, -0.1) is 0 Å². The highest BCUT2D eigenvalue weighted by Crippen LogP contribution is 2.22. The van der Waals surface area contributed by atoms with Gasteiger partial charge in [-0.1, -0.05) is 25.4 Å². The lowest BCUT2D eigenvalue weighted by Crippen LogP contribution is -1.77. The van der Waals surface area contributed by atoms with Crippen molar-refractivity contribution in [1.82, 2.24) is 0 Å². The fourth-order valence-electron chi connectivity index (χ4n) is 0.596. The molecule has 1 aromatic carbocycles. The summed E-state index contributed by atoms with van der Waals surface area (Å²) >= 11 is 5.48. The number of benzene rings is 1. The van der Waals surface area contributed by atoms with Crippen LogP contribution in [0.15, 0.2) is 18.2 Å². The van der Waals surface area contributed by atoms with Gasteiger partial charge in [-0.3, -0.25) is 4.79 Å². The Hall–Kier alpha value is -1.02. The Kier molecular flexibility index (Phi) is 5.13. The molecule has 2 nitrogen and oxygen atoms in total. The van der Waals surface area contributed by atoms with Gasteiger partial charge in [0.2, 0.25) is 0 Å². The van der Waals surface area contributed by atoms with Crippen LogP contribution in [0.4, 0.5) is 0 Å². The van der Waals surface area contributed by atoms with Crippen molar-refractivity contribution in [3.63, 3.8) is 0 Å². The van der Waals surface area contributed by atoms with E-state index in [9.17, 15) is 4.79 Å². The fraction of sp³-hybridized carbons (Fsp3) is 0.222. The zero-order valence-corrected chi connectivity index (χ0v) is 7.80. The number of aromatic hydroxyl groups is 1. The van der Waals surface area contributed by atoms with E-state index >= 15 is 0 Å². The van der Waals surface area contributed by atoms with Crippen molar-refractivity contribution in [2.75, 3.05) is 0 Å². The summed E-state index contributed by atoms with van der Waals surface area (Å²) < 4.78 is 0. The largest absolute Gasteiger partial charge is 0.506 e. The van der Waals surface area contributed by atoms with Crippen LogP contribution in [0.2, 0.25) is 5.02 Å². The number of hydrogen-bond acceptors (Lipinski definition) is 2. The second-order valence-electron chi connectivity index (χ2n) is 1.83. The van der Waals surface area contributed by atoms with Gasteiger partial charge in [0.1, 0.15) is 12.0 Å². The van der Waals surface area contributed by atoms with E-state index in [2.05, 4.69) is 0 Å². The molecule has 0 amide bonds. The van der Waals surface area contributed by atoms with Gasteiger partial charge >= 0.3 is 0 Å². The Morgan fingerprint density at radius 2 is 2.00 bits per heavy atom. The summed E-state index contributed by atoms with van der Waals surface area (Å²) in [7, 11) is 0. The third-order valence-electron chi connectivity index (χ3n) is 1.11. The fourth-order valence-corrected chi connectivity index (χ4v) is 0.785. The maximum atomic E-state index is 10.1. The van der Waals surface area contributed by atoms with Gasteiger partial charge in [-0.2, -0.15) is 0 Å². The van der Waals surface area contributed by atoms with Gasteiger partial charge < -0.3 is 5.11 Å². The van der Waals surface area contributed by atoms with Crippen LogP contribution in [0.5, 0.6) is 5.75 Å². The number of hydrogen-bond donors (Lipinski definition) is 1. The predicted octanol–water partition coefficient (Wildman–Crippen LogP) is 2.88. The highest BCUT2D eigenvalue weighted by molar-refractivity contribution is 6.32. The molecule has 12 heavy (non-hydrogen) atoms. The maximum Gasteiger partial charge on any atom is 0.150 e. The van der Waals surface area contributed by atoms with Crippen LogP contribution in [0.25, 0.3) is 0 Å². The van der Waals surface area contributed by atoms with Crippen LogP contribution in [0.3, 0.4) is 0 Å². The van der Waals surface area contributed by atoms with Crippen molar-refractivity contribution < 1.29 is 9.90 Å². The van der Waals surface area contributed by atoms with E-state index in [0.29, 0.717) is 11.8 Å². The molecule has 1 rings (SSSR count). The quantitative estimate of drug-likeness (QED) is 0.685. The number of rotatable bonds is 1. The van der Waals surface area contributed by atoms with Gasteiger partial charge in [0.15, 0.2) is 0 Å². The van der Waals surface area contributed by atoms with Crippen LogP contribution in [-0.2, 0) is 0 Å². The highest BCUT2D eigenvalue weighted by atomic mass is 35.5. The van der Waals surface area contributed by atoms with Gasteiger partial charge in [0, 0.05) is 5.56 Å². The van der Waals surface area contributed by atoms with Gasteiger partial charge in [0.25, 0.3) is 0 Å². The first-order valence-electron chi connectivity index (χ1n) is 3.68. The van der Waals surface area contributed by atoms with Crippen LogP contribution in [0, 0.1) is 0 Å². The van der Waals surface area contributed by atoms with Gasteiger partial charge in [-0.05, 0) is 18.2 Å². The molecular formula is C9H11ClO2. The van der Waals surface area contributed by atoms with Gasteiger partial charge in [0.05, 0.1) is 5.02 Å². The Morgan fingerprint density at radius 3 is 2.42 bits per heavy atom. The van der Waals surface area contributed by atoms with E-state index in [-0.39, 0.29) is 10.8 Å². The summed E-state index contributed by atoms with van der Waals surface area (Å²) in [5.74, 6) is -0.00716. The average Bonchev–Trinajstić information content (AvgIpc) is 2.13. The second kappa shape index (κ2) is 5.61. The zero-order valence-electron chi connectivity index (χ0n) is 7.04. The number of carbonyl (C=O) groups excluding carboxylic acids is 1. The number of halogens is 1. The Labute approximate surface area is 76.8 Å². The molecule has 0 atom stereocenters. The zero-order chi connectivity index (χ0) is 9.56. The van der Waals surface area contributed by atoms with E-state index in [1.165, 1.54) is 18.2 Å². The van der Waals surface area contributed by atoms with Crippen LogP contribution in [-0.4, -0.2) is 11.4 Å². The molecule has 0 aromatic heterocycles. The molecule has 0 bridgehead atoms. The first-order chi connectivity index (χ1) is 5.74. The van der Waals surface area contributed by atoms with E-state index in [1.807, 2.05) is 13.8 Å². The third kappa shape index (κ3) is 2.93. The van der Waals surface area contributed by atoms with E-state index in [0.717, 1.165) is 0 Å². The molecule has 3 heteroatoms. The third-order valence-corrected chi connectivity index (χ3v) is 1.41. The number of aldehydes is 1. The minimum absolute atomic E-state index is 0.00716. The minimum atomic E-state index is -0.00716. The van der Waals surface area contributed by atoms with Crippen molar-refractivity contribution >= 4 is 17.9 Å². The Bertz CT molecular complexity index is 259. The van der Waals surface area contributed by atoms with Crippen molar-refractivity contribution in [2.24, 2.45) is 0 Å². The van der Waals surface area contributed by atoms with Crippen molar-refractivity contribution in [3.8, 4) is 5.75 Å². The molecule has 0 spiro atoms. The van der Waals surface area contributed by atoms with E-state index < -0.39 is 0 Å². The normalized spacial score (nSPS) is 8.25. The SMILES string of the molecule is CC.O=Cc1ccc(O)c(Cl)c1. The molecule has 0 aliphatic heterocycles. The summed E-state index contributed by atoms with van der Waals surface area (Å²) in [6.45, 7) is 4.00. The lowest BCUT2D eigenvalue weighted by Gasteiger charge is -1.94. The van der Waals surface area contributed by atoms with Crippen molar-refractivity contribution in [1.29, 1.82) is 0 Å². The van der Waals surface area contributed by atoms with Crippen molar-refractivity contribution in [2.45, 2.75) is 13.8 Å². The molecule has 0 unspecified atom stereocenters. The van der Waals surface area contributed by atoms with Crippen LogP contribution in [0.1, 0.15) is 24.2 Å². The Balaban J connectivity index is 0.000000561. The predicted molar refractivity (Wildman–Crippen MR) is 49.9 cm³/mol. The lowest BCUT2D eigenvalue weighted by atomic mass is 10.2. The molecule has 0 radical (unpaired) electrons. The second-order valence-corrected chi connectivity index (χ2v) is 2.24. The minimum Gasteiger partial charge on any atom is -0.506 e. The van der Waals surface area contributed by atoms with E-state index in [4.69, 9.17) is 16.7 Å². The summed E-state index contributed by atoms with van der Waals surface area (Å²) in [6, 6.07) is 4.28. The lowest BCUT2D eigenvalue weighted by molar-refractivity contribution is 0.112. The first-order valence-corrected chi connectivity index (χ1v) is 4.05. The number of phenolic OH excluding ortho intramolecular Hbond substituents is 1. The molecule has 0 saturated heterocycles. The molecule has 66 valence electrons. The molecule has 1 aromatic rings. The number of carbonyl (C=O) groups is 1. The topological polar surface area (TPSA) is 37.3 Å². The average molecular weight is 187 g/mol. The van der Waals surface area contributed by atoms with Crippen LogP contribution >= 0.6 is 11.6 Å². The summed E-state index contributed by atoms with van der Waals surface area (Å²) in [5, 5.41) is 9.09. The smallest absolute Gasteiger partial charge is 0.150 e. The molecular weight excluding hydrogens is 176 g/mol. The number of phenols is 1. The molecule has 1 N–H and O–H groups in total. The molecule has 0 fully saturated rings. The summed E-state index contributed by atoms with van der Waals surface area (Å²) in [5.41, 5.74) is 0.461. The maximum absolute atomic E-state index is 10.1. The molecule has 0 saturated carbocycles. The summed E-state index contributed by atoms with van der Waals surface area (Å²) in [6.07, 6.45) is 0.672. The first kappa shape index (κ1) is 11.0. The molecule has 0 heterocycles. The molecule has 0 aliphatic carbocycles. The van der Waals surface area contributed by atoms with Crippen molar-refractivity contribution in [3.05, 3.63) is 28.8 Å². The monoisotopic (exact) mass is 186 g/mol. The van der Waals surface area contributed by atoms with Gasteiger partial charge in [-0.25, -0.2) is 0 Å².